The lowest BCUT2D eigenvalue weighted by molar-refractivity contribution is 0.464. The van der Waals surface area contributed by atoms with Crippen LogP contribution in [0.2, 0.25) is 0 Å². The van der Waals surface area contributed by atoms with E-state index in [9.17, 15) is 0 Å². The summed E-state index contributed by atoms with van der Waals surface area (Å²) < 4.78 is 32.5. The Bertz CT molecular complexity index is 3780. The molecule has 9 heteroatoms. The van der Waals surface area contributed by atoms with Crippen LogP contribution in [0.1, 0.15) is 0 Å². The van der Waals surface area contributed by atoms with Gasteiger partial charge in [0.1, 0.15) is 46.0 Å². The van der Waals surface area contributed by atoms with E-state index in [0.717, 1.165) is 73.8 Å². The molecule has 63 heavy (non-hydrogen) atoms. The molecule has 0 amide bonds. The molecule has 17 rings (SSSR count). The lowest BCUT2D eigenvalue weighted by Gasteiger charge is -2.38. The number of benzene rings is 9. The lowest BCUT2D eigenvalue weighted by atomic mass is 9.30. The number of para-hydroxylation sites is 4. The Balaban J connectivity index is 0.971. The molecule has 0 N–H and O–H groups in total. The van der Waals surface area contributed by atoms with E-state index in [1.807, 2.05) is 0 Å². The second-order valence-corrected chi connectivity index (χ2v) is 17.8. The van der Waals surface area contributed by atoms with Crippen molar-refractivity contribution < 1.29 is 18.9 Å². The first kappa shape index (κ1) is 31.8. The first-order valence-electron chi connectivity index (χ1n) is 21.8. The van der Waals surface area contributed by atoms with Crippen molar-refractivity contribution in [1.82, 2.24) is 9.13 Å². The van der Waals surface area contributed by atoms with Gasteiger partial charge in [0.2, 0.25) is 0 Å². The van der Waals surface area contributed by atoms with Crippen LogP contribution in [0.4, 0.5) is 0 Å². The molecule has 0 saturated carbocycles. The number of ether oxygens (including phenoxy) is 4. The second-order valence-electron chi connectivity index (χ2n) is 17.8. The summed E-state index contributed by atoms with van der Waals surface area (Å²) in [6.07, 6.45) is 0. The SMILES string of the molecule is c1ccc2c(c1)Oc1ccc3c4ccccc4n4c3c1B2c1cc2c(cc1-4)Oc1cccc3c1B2c1cc2c(cc1O3)-n1c3ccccc3c3ccc4c(c31)B2c1ccccc1O4. The molecule has 8 heterocycles. The number of nitrogens with zero attached hydrogens (tertiary/aromatic N) is 2. The third-order valence-electron chi connectivity index (χ3n) is 14.9. The van der Waals surface area contributed by atoms with Crippen LogP contribution in [-0.4, -0.2) is 29.3 Å². The van der Waals surface area contributed by atoms with Gasteiger partial charge in [-0.15, -0.1) is 0 Å². The monoisotopic (exact) mass is 800 g/mol. The highest BCUT2D eigenvalue weighted by molar-refractivity contribution is 7.03. The molecule has 0 saturated heterocycles. The molecular weight excluding hydrogens is 773 g/mol. The highest BCUT2D eigenvalue weighted by Gasteiger charge is 2.47. The number of hydrogen-bond acceptors (Lipinski definition) is 4. The maximum Gasteiger partial charge on any atom is 0.260 e. The summed E-state index contributed by atoms with van der Waals surface area (Å²) >= 11 is 0. The zero-order valence-corrected chi connectivity index (χ0v) is 33.3. The average molecular weight is 800 g/mol. The normalized spacial score (nSPS) is 14.4. The second kappa shape index (κ2) is 10.7. The van der Waals surface area contributed by atoms with Gasteiger partial charge in [-0.3, -0.25) is 0 Å². The van der Waals surface area contributed by atoms with Crippen LogP contribution >= 0.6 is 0 Å². The molecule has 0 atom stereocenters. The zero-order chi connectivity index (χ0) is 40.4. The number of hydrogen-bond donors (Lipinski definition) is 0. The average Bonchev–Trinajstić information content (AvgIpc) is 3.86. The van der Waals surface area contributed by atoms with E-state index in [2.05, 4.69) is 173 Å². The Hall–Kier alpha value is -8.03. The highest BCUT2D eigenvalue weighted by atomic mass is 16.5. The van der Waals surface area contributed by atoms with Crippen LogP contribution in [0, 0.1) is 0 Å². The van der Waals surface area contributed by atoms with Crippen molar-refractivity contribution in [1.29, 1.82) is 0 Å². The molecule has 0 bridgehead atoms. The van der Waals surface area contributed by atoms with Crippen molar-refractivity contribution in [3.8, 4) is 57.4 Å². The summed E-state index contributed by atoms with van der Waals surface area (Å²) in [4.78, 5) is 0. The molecule has 0 unspecified atom stereocenters. The van der Waals surface area contributed by atoms with Crippen molar-refractivity contribution in [2.45, 2.75) is 0 Å². The summed E-state index contributed by atoms with van der Waals surface area (Å²) in [5, 5.41) is 4.91. The summed E-state index contributed by atoms with van der Waals surface area (Å²) in [5.74, 6) is 7.00. The van der Waals surface area contributed by atoms with Gasteiger partial charge >= 0.3 is 0 Å². The minimum Gasteiger partial charge on any atom is -0.458 e. The summed E-state index contributed by atoms with van der Waals surface area (Å²) in [6, 6.07) is 59.2. The maximum atomic E-state index is 7.06. The van der Waals surface area contributed by atoms with Crippen LogP contribution in [0.15, 0.2) is 164 Å². The number of rotatable bonds is 0. The molecule has 6 aliphatic heterocycles. The van der Waals surface area contributed by atoms with Gasteiger partial charge in [0.05, 0.1) is 22.1 Å². The van der Waals surface area contributed by atoms with Gasteiger partial charge in [-0.2, -0.15) is 0 Å². The van der Waals surface area contributed by atoms with Gasteiger partial charge in [0, 0.05) is 50.5 Å². The van der Waals surface area contributed by atoms with Crippen molar-refractivity contribution in [2.24, 2.45) is 0 Å². The van der Waals surface area contributed by atoms with Gasteiger partial charge < -0.3 is 28.1 Å². The van der Waals surface area contributed by atoms with E-state index in [1.165, 1.54) is 76.4 Å². The van der Waals surface area contributed by atoms with E-state index < -0.39 is 0 Å². The summed E-state index contributed by atoms with van der Waals surface area (Å²) in [5.41, 5.74) is 17.6. The van der Waals surface area contributed by atoms with Crippen molar-refractivity contribution in [3.05, 3.63) is 164 Å². The van der Waals surface area contributed by atoms with E-state index in [-0.39, 0.29) is 20.1 Å². The van der Waals surface area contributed by atoms with E-state index >= 15 is 0 Å². The van der Waals surface area contributed by atoms with Gasteiger partial charge in [-0.05, 0) is 104 Å². The molecule has 9 aromatic carbocycles. The number of aromatic nitrogens is 2. The minimum absolute atomic E-state index is 0.0386. The molecule has 11 aromatic rings. The van der Waals surface area contributed by atoms with Crippen LogP contribution in [0.25, 0.3) is 55.0 Å². The quantitative estimate of drug-likeness (QED) is 0.165. The first-order chi connectivity index (χ1) is 31.2. The molecular formula is C54H27B3N2O4. The fourth-order valence-corrected chi connectivity index (χ4v) is 12.6. The molecule has 6 aliphatic rings. The fourth-order valence-electron chi connectivity index (χ4n) is 12.6. The third kappa shape index (κ3) is 3.65. The minimum atomic E-state index is -0.152. The van der Waals surface area contributed by atoms with Gasteiger partial charge in [0.25, 0.3) is 20.1 Å². The van der Waals surface area contributed by atoms with Gasteiger partial charge in [0.15, 0.2) is 0 Å². The van der Waals surface area contributed by atoms with Crippen LogP contribution in [0.5, 0.6) is 46.0 Å². The van der Waals surface area contributed by atoms with Gasteiger partial charge in [-0.25, -0.2) is 0 Å². The Morgan fingerprint density at radius 2 is 0.698 bits per heavy atom. The molecule has 286 valence electrons. The van der Waals surface area contributed by atoms with Crippen molar-refractivity contribution in [2.75, 3.05) is 0 Å². The zero-order valence-electron chi connectivity index (χ0n) is 33.3. The molecule has 0 spiro atoms. The van der Waals surface area contributed by atoms with Crippen LogP contribution in [-0.2, 0) is 0 Å². The molecule has 0 radical (unpaired) electrons. The smallest absolute Gasteiger partial charge is 0.260 e. The van der Waals surface area contributed by atoms with Gasteiger partial charge in [-0.1, -0.05) is 91.0 Å². The predicted octanol–water partition coefficient (Wildman–Crippen LogP) is 6.48. The molecule has 6 nitrogen and oxygen atoms in total. The van der Waals surface area contributed by atoms with Crippen molar-refractivity contribution >= 4 is 113 Å². The molecule has 2 aromatic heterocycles. The largest absolute Gasteiger partial charge is 0.458 e. The lowest BCUT2D eigenvalue weighted by Crippen LogP contribution is -2.63. The van der Waals surface area contributed by atoms with Crippen LogP contribution < -0.4 is 68.1 Å². The maximum absolute atomic E-state index is 7.06. The Morgan fingerprint density at radius 1 is 0.286 bits per heavy atom. The summed E-state index contributed by atoms with van der Waals surface area (Å²) in [6.45, 7) is -0.229. The predicted molar refractivity (Wildman–Crippen MR) is 255 cm³/mol. The van der Waals surface area contributed by atoms with Crippen molar-refractivity contribution in [3.63, 3.8) is 0 Å². The molecule has 0 aliphatic carbocycles. The Morgan fingerprint density at radius 3 is 1.22 bits per heavy atom. The highest BCUT2D eigenvalue weighted by Crippen LogP contribution is 2.43. The summed E-state index contributed by atoms with van der Waals surface area (Å²) in [7, 11) is 0. The van der Waals surface area contributed by atoms with Crippen LogP contribution in [0.3, 0.4) is 0 Å². The number of fused-ring (bicyclic) bond motifs is 20. The Labute approximate surface area is 360 Å². The standard InChI is InChI=1S/C54H27B3N2O4/c1-5-14-38-28(10-1)30-20-22-46-51-53(30)58(38)40-26-48-36(24-34(40)55(51)32-12-3-7-16-42(32)60-46)57-37-25-35-41(27-49(37)63-45-19-9-18-44(62-48)50(45)57)59-39-15-6-2-11-29(39)31-21-23-47-52(54(31)59)56(35)33-13-4-8-17-43(33)61-47/h1-27H. The van der Waals surface area contributed by atoms with E-state index in [1.54, 1.807) is 0 Å². The van der Waals surface area contributed by atoms with E-state index in [4.69, 9.17) is 18.9 Å². The topological polar surface area (TPSA) is 46.8 Å². The fraction of sp³-hybridized carbons (Fsp3) is 0. The Kier molecular flexibility index (Phi) is 5.40. The molecule has 0 fully saturated rings. The third-order valence-corrected chi connectivity index (χ3v) is 14.9. The first-order valence-corrected chi connectivity index (χ1v) is 21.8. The van der Waals surface area contributed by atoms with E-state index in [0.29, 0.717) is 0 Å².